The van der Waals surface area contributed by atoms with Gasteiger partial charge in [-0.1, -0.05) is 38.1 Å². The zero-order valence-corrected chi connectivity index (χ0v) is 11.2. The van der Waals surface area contributed by atoms with Crippen molar-refractivity contribution in [3.05, 3.63) is 11.1 Å². The van der Waals surface area contributed by atoms with Crippen LogP contribution in [0.4, 0.5) is 0 Å². The molecule has 14 heavy (non-hydrogen) atoms. The molecule has 0 nitrogen and oxygen atoms in total. The summed E-state index contributed by atoms with van der Waals surface area (Å²) >= 11 is 0. The van der Waals surface area contributed by atoms with Gasteiger partial charge in [0.25, 0.3) is 0 Å². The third-order valence-electron chi connectivity index (χ3n) is 2.71. The lowest BCUT2D eigenvalue weighted by atomic mass is 9.85. The smallest absolute Gasteiger partial charge is 0.127 e. The van der Waals surface area contributed by atoms with E-state index in [1.54, 1.807) is 0 Å². The van der Waals surface area contributed by atoms with E-state index < -0.39 is 8.07 Å². The first kappa shape index (κ1) is 11.6. The van der Waals surface area contributed by atoms with Gasteiger partial charge in [-0.15, -0.1) is 5.54 Å². The predicted octanol–water partition coefficient (Wildman–Crippen LogP) is 4.00. The Balaban J connectivity index is 2.89. The maximum atomic E-state index is 3.48. The van der Waals surface area contributed by atoms with Crippen molar-refractivity contribution < 1.29 is 0 Å². The topological polar surface area (TPSA) is 0 Å². The van der Waals surface area contributed by atoms with Crippen LogP contribution in [0.2, 0.25) is 19.6 Å². The van der Waals surface area contributed by atoms with Crippen molar-refractivity contribution in [2.45, 2.75) is 52.8 Å². The second-order valence-corrected chi connectivity index (χ2v) is 10.2. The van der Waals surface area contributed by atoms with Gasteiger partial charge in [0, 0.05) is 5.57 Å². The Morgan fingerprint density at radius 3 is 2.43 bits per heavy atom. The van der Waals surface area contributed by atoms with Crippen molar-refractivity contribution in [3.8, 4) is 11.5 Å². The molecule has 0 N–H and O–H groups in total. The molecule has 1 heteroatoms. The van der Waals surface area contributed by atoms with E-state index in [2.05, 4.69) is 45.0 Å². The fourth-order valence-electron chi connectivity index (χ4n) is 1.86. The summed E-state index contributed by atoms with van der Waals surface area (Å²) in [6.07, 6.45) is 3.94. The van der Waals surface area contributed by atoms with Gasteiger partial charge < -0.3 is 0 Å². The molecule has 78 valence electrons. The fourth-order valence-corrected chi connectivity index (χ4v) is 2.37. The molecule has 1 unspecified atom stereocenters. The normalized spacial score (nSPS) is 23.1. The zero-order valence-electron chi connectivity index (χ0n) is 10.2. The first-order chi connectivity index (χ1) is 6.40. The fraction of sp³-hybridized carbons (Fsp3) is 0.692. The standard InChI is InChI=1S/C13H22Si/c1-11-7-6-8-12(2)13(11)9-10-14(3,4)5/h11H,6-8H2,1-5H3. The van der Waals surface area contributed by atoms with Gasteiger partial charge in [0.2, 0.25) is 0 Å². The summed E-state index contributed by atoms with van der Waals surface area (Å²) in [4.78, 5) is 0. The highest BCUT2D eigenvalue weighted by atomic mass is 28.3. The molecule has 0 amide bonds. The summed E-state index contributed by atoms with van der Waals surface area (Å²) in [6.45, 7) is 11.5. The molecule has 1 aliphatic carbocycles. The van der Waals surface area contributed by atoms with E-state index in [0.717, 1.165) is 0 Å². The van der Waals surface area contributed by atoms with Crippen LogP contribution in [0.1, 0.15) is 33.1 Å². The Kier molecular flexibility index (Phi) is 3.61. The summed E-state index contributed by atoms with van der Waals surface area (Å²) < 4.78 is 0. The maximum Gasteiger partial charge on any atom is 0.129 e. The Morgan fingerprint density at radius 1 is 1.29 bits per heavy atom. The molecule has 0 aromatic carbocycles. The number of rotatable bonds is 0. The molecule has 1 aliphatic rings. The second kappa shape index (κ2) is 4.36. The van der Waals surface area contributed by atoms with Gasteiger partial charge in [0.15, 0.2) is 0 Å². The van der Waals surface area contributed by atoms with E-state index in [1.165, 1.54) is 30.4 Å². The largest absolute Gasteiger partial charge is 0.129 e. The average molecular weight is 206 g/mol. The van der Waals surface area contributed by atoms with Crippen LogP contribution in [-0.4, -0.2) is 8.07 Å². The summed E-state index contributed by atoms with van der Waals surface area (Å²) in [6, 6.07) is 0. The summed E-state index contributed by atoms with van der Waals surface area (Å²) in [5.41, 5.74) is 6.46. The Hall–Kier alpha value is -0.483. The monoisotopic (exact) mass is 206 g/mol. The predicted molar refractivity (Wildman–Crippen MR) is 66.8 cm³/mol. The molecule has 0 bridgehead atoms. The third-order valence-corrected chi connectivity index (χ3v) is 3.59. The van der Waals surface area contributed by atoms with E-state index >= 15 is 0 Å². The van der Waals surface area contributed by atoms with Crippen molar-refractivity contribution in [3.63, 3.8) is 0 Å². The van der Waals surface area contributed by atoms with E-state index in [9.17, 15) is 0 Å². The van der Waals surface area contributed by atoms with Crippen LogP contribution in [0.5, 0.6) is 0 Å². The van der Waals surface area contributed by atoms with Crippen LogP contribution in [0.15, 0.2) is 11.1 Å². The summed E-state index contributed by atoms with van der Waals surface area (Å²) in [5, 5.41) is 0. The van der Waals surface area contributed by atoms with Crippen LogP contribution in [0.25, 0.3) is 0 Å². The van der Waals surface area contributed by atoms with Crippen molar-refractivity contribution in [2.24, 2.45) is 5.92 Å². The zero-order chi connectivity index (χ0) is 10.8. The maximum absolute atomic E-state index is 3.48. The molecule has 1 rings (SSSR count). The van der Waals surface area contributed by atoms with Crippen LogP contribution in [-0.2, 0) is 0 Å². The molecule has 0 heterocycles. The average Bonchev–Trinajstić information content (AvgIpc) is 2.01. The van der Waals surface area contributed by atoms with Gasteiger partial charge in [0.05, 0.1) is 0 Å². The molecule has 0 aliphatic heterocycles. The Labute approximate surface area is 89.8 Å². The highest BCUT2D eigenvalue weighted by Crippen LogP contribution is 2.28. The molecule has 0 saturated heterocycles. The lowest BCUT2D eigenvalue weighted by Crippen LogP contribution is -2.17. The molecule has 0 aromatic rings. The molecule has 0 aromatic heterocycles. The molecular weight excluding hydrogens is 184 g/mol. The number of allylic oxidation sites excluding steroid dienone is 2. The third kappa shape index (κ3) is 3.34. The minimum atomic E-state index is -1.20. The van der Waals surface area contributed by atoms with Gasteiger partial charge in [-0.05, 0) is 32.1 Å². The van der Waals surface area contributed by atoms with Crippen molar-refractivity contribution in [1.82, 2.24) is 0 Å². The SMILES string of the molecule is CC1=C(C#C[Si](C)(C)C)C(C)CCC1. The van der Waals surface area contributed by atoms with Gasteiger partial charge in [-0.3, -0.25) is 0 Å². The molecular formula is C13H22Si. The number of hydrogen-bond acceptors (Lipinski definition) is 0. The lowest BCUT2D eigenvalue weighted by Gasteiger charge is -2.20. The first-order valence-electron chi connectivity index (χ1n) is 5.63. The highest BCUT2D eigenvalue weighted by Gasteiger charge is 2.16. The Bertz CT molecular complexity index is 293. The second-order valence-electron chi connectivity index (χ2n) is 5.49. The Morgan fingerprint density at radius 2 is 1.93 bits per heavy atom. The molecule has 1 atom stereocenters. The van der Waals surface area contributed by atoms with Crippen LogP contribution in [0.3, 0.4) is 0 Å². The van der Waals surface area contributed by atoms with Gasteiger partial charge in [-0.25, -0.2) is 0 Å². The van der Waals surface area contributed by atoms with Crippen LogP contribution < -0.4 is 0 Å². The minimum absolute atomic E-state index is 0.701. The molecule has 0 saturated carbocycles. The summed E-state index contributed by atoms with van der Waals surface area (Å²) in [5.74, 6) is 4.15. The van der Waals surface area contributed by atoms with Gasteiger partial charge in [-0.2, -0.15) is 0 Å². The summed E-state index contributed by atoms with van der Waals surface area (Å²) in [7, 11) is -1.20. The lowest BCUT2D eigenvalue weighted by molar-refractivity contribution is 0.550. The highest BCUT2D eigenvalue weighted by molar-refractivity contribution is 6.83. The van der Waals surface area contributed by atoms with E-state index in [-0.39, 0.29) is 0 Å². The first-order valence-corrected chi connectivity index (χ1v) is 9.13. The molecule has 0 spiro atoms. The number of hydrogen-bond donors (Lipinski definition) is 0. The van der Waals surface area contributed by atoms with Gasteiger partial charge >= 0.3 is 0 Å². The van der Waals surface area contributed by atoms with Crippen LogP contribution >= 0.6 is 0 Å². The van der Waals surface area contributed by atoms with E-state index in [1.807, 2.05) is 0 Å². The van der Waals surface area contributed by atoms with E-state index in [4.69, 9.17) is 0 Å². The van der Waals surface area contributed by atoms with Crippen molar-refractivity contribution >= 4 is 8.07 Å². The molecule has 0 radical (unpaired) electrons. The minimum Gasteiger partial charge on any atom is -0.127 e. The molecule has 0 fully saturated rings. The quantitative estimate of drug-likeness (QED) is 0.415. The van der Waals surface area contributed by atoms with E-state index in [0.29, 0.717) is 5.92 Å². The van der Waals surface area contributed by atoms with Gasteiger partial charge in [0.1, 0.15) is 8.07 Å². The van der Waals surface area contributed by atoms with Crippen molar-refractivity contribution in [1.29, 1.82) is 0 Å². The van der Waals surface area contributed by atoms with Crippen LogP contribution in [0, 0.1) is 17.4 Å². The van der Waals surface area contributed by atoms with Crippen molar-refractivity contribution in [2.75, 3.05) is 0 Å².